The second kappa shape index (κ2) is 8.16. The average Bonchev–Trinajstić information content (AvgIpc) is 2.54. The molecule has 2 N–H and O–H groups in total. The smallest absolute Gasteiger partial charge is 0.409 e. The molecular formula is C14H22N6O2. The molecule has 0 saturated carbocycles. The number of rotatable bonds is 6. The van der Waals surface area contributed by atoms with Crippen LogP contribution in [0.3, 0.4) is 0 Å². The fraction of sp³-hybridized carbons (Fsp3) is 0.571. The van der Waals surface area contributed by atoms with Crippen molar-refractivity contribution in [1.29, 1.82) is 0 Å². The molecule has 1 aliphatic heterocycles. The molecular weight excluding hydrogens is 284 g/mol. The molecule has 120 valence electrons. The zero-order valence-corrected chi connectivity index (χ0v) is 12.8. The molecule has 0 aliphatic carbocycles. The summed E-state index contributed by atoms with van der Waals surface area (Å²) in [7, 11) is 0. The molecule has 0 radical (unpaired) electrons. The zero-order chi connectivity index (χ0) is 15.8. The number of hydrogen-bond acceptors (Lipinski definition) is 7. The molecule has 8 nitrogen and oxygen atoms in total. The number of amides is 1. The summed E-state index contributed by atoms with van der Waals surface area (Å²) >= 11 is 0. The number of nitrogens with one attached hydrogen (secondary N) is 2. The summed E-state index contributed by atoms with van der Waals surface area (Å²) < 4.78 is 5.00. The van der Waals surface area contributed by atoms with Gasteiger partial charge in [-0.25, -0.2) is 4.79 Å². The molecule has 1 saturated heterocycles. The van der Waals surface area contributed by atoms with Crippen LogP contribution in [0.4, 0.5) is 16.6 Å². The molecule has 1 aromatic rings. The Morgan fingerprint density at radius 2 is 2.32 bits per heavy atom. The molecule has 22 heavy (non-hydrogen) atoms. The fourth-order valence-corrected chi connectivity index (χ4v) is 2.23. The topological polar surface area (TPSA) is 92.3 Å². The van der Waals surface area contributed by atoms with E-state index >= 15 is 0 Å². The SMILES string of the molecule is C=CCNc1cnnc(NC2CCN(C(=O)OCC)CC2)n1. The molecule has 1 amide bonds. The number of ether oxygens (including phenoxy) is 1. The monoisotopic (exact) mass is 306 g/mol. The van der Waals surface area contributed by atoms with Crippen molar-refractivity contribution in [3.05, 3.63) is 18.9 Å². The van der Waals surface area contributed by atoms with E-state index in [9.17, 15) is 4.79 Å². The van der Waals surface area contributed by atoms with Crippen molar-refractivity contribution in [1.82, 2.24) is 20.1 Å². The van der Waals surface area contributed by atoms with Crippen LogP contribution < -0.4 is 10.6 Å². The van der Waals surface area contributed by atoms with Gasteiger partial charge in [0.1, 0.15) is 0 Å². The van der Waals surface area contributed by atoms with Gasteiger partial charge in [-0.15, -0.1) is 11.7 Å². The number of anilines is 2. The van der Waals surface area contributed by atoms with Crippen molar-refractivity contribution in [3.63, 3.8) is 0 Å². The predicted octanol–water partition coefficient (Wildman–Crippen LogP) is 1.50. The lowest BCUT2D eigenvalue weighted by Crippen LogP contribution is -2.42. The van der Waals surface area contributed by atoms with Crippen LogP contribution in [0.5, 0.6) is 0 Å². The maximum Gasteiger partial charge on any atom is 0.409 e. The molecule has 0 aromatic carbocycles. The van der Waals surface area contributed by atoms with Gasteiger partial charge in [0.2, 0.25) is 5.95 Å². The number of likely N-dealkylation sites (tertiary alicyclic amines) is 1. The van der Waals surface area contributed by atoms with Crippen LogP contribution >= 0.6 is 0 Å². The molecule has 0 atom stereocenters. The Balaban J connectivity index is 1.83. The van der Waals surface area contributed by atoms with E-state index in [1.807, 2.05) is 6.92 Å². The first kappa shape index (κ1) is 16.0. The highest BCUT2D eigenvalue weighted by Gasteiger charge is 2.23. The number of hydrogen-bond donors (Lipinski definition) is 2. The first-order chi connectivity index (χ1) is 10.7. The summed E-state index contributed by atoms with van der Waals surface area (Å²) in [6.07, 6.45) is 4.73. The Kier molecular flexibility index (Phi) is 5.93. The van der Waals surface area contributed by atoms with Gasteiger partial charge in [0.25, 0.3) is 0 Å². The minimum Gasteiger partial charge on any atom is -0.450 e. The summed E-state index contributed by atoms with van der Waals surface area (Å²) in [5.74, 6) is 1.14. The third-order valence-electron chi connectivity index (χ3n) is 3.34. The van der Waals surface area contributed by atoms with Crippen LogP contribution in [-0.2, 0) is 4.74 Å². The molecule has 1 aromatic heterocycles. The molecule has 0 spiro atoms. The van der Waals surface area contributed by atoms with Gasteiger partial charge in [-0.2, -0.15) is 10.1 Å². The van der Waals surface area contributed by atoms with E-state index in [0.717, 1.165) is 12.8 Å². The highest BCUT2D eigenvalue weighted by atomic mass is 16.6. The quantitative estimate of drug-likeness (QED) is 0.769. The predicted molar refractivity (Wildman–Crippen MR) is 83.8 cm³/mol. The third kappa shape index (κ3) is 4.57. The number of piperidine rings is 1. The van der Waals surface area contributed by atoms with E-state index in [1.54, 1.807) is 17.2 Å². The van der Waals surface area contributed by atoms with Crippen LogP contribution in [0.25, 0.3) is 0 Å². The normalized spacial score (nSPS) is 15.2. The summed E-state index contributed by atoms with van der Waals surface area (Å²) in [4.78, 5) is 17.7. The van der Waals surface area contributed by atoms with Crippen molar-refractivity contribution < 1.29 is 9.53 Å². The zero-order valence-electron chi connectivity index (χ0n) is 12.8. The lowest BCUT2D eigenvalue weighted by molar-refractivity contribution is 0.0983. The summed E-state index contributed by atoms with van der Waals surface area (Å²) in [6.45, 7) is 7.81. The van der Waals surface area contributed by atoms with E-state index < -0.39 is 0 Å². The number of nitrogens with zero attached hydrogens (tertiary/aromatic N) is 4. The molecule has 1 aliphatic rings. The third-order valence-corrected chi connectivity index (χ3v) is 3.34. The van der Waals surface area contributed by atoms with E-state index in [4.69, 9.17) is 4.74 Å². The van der Waals surface area contributed by atoms with E-state index in [-0.39, 0.29) is 12.1 Å². The Hall–Kier alpha value is -2.38. The standard InChI is InChI=1S/C14H22N6O2/c1-3-7-15-12-10-16-19-13(18-12)17-11-5-8-20(9-6-11)14(21)22-4-2/h3,10-11H,1,4-9H2,2H3,(H2,15,17,18,19). The highest BCUT2D eigenvalue weighted by Crippen LogP contribution is 2.15. The highest BCUT2D eigenvalue weighted by molar-refractivity contribution is 5.67. The van der Waals surface area contributed by atoms with Crippen LogP contribution in [0, 0.1) is 0 Å². The van der Waals surface area contributed by atoms with Crippen molar-refractivity contribution in [3.8, 4) is 0 Å². The van der Waals surface area contributed by atoms with Crippen molar-refractivity contribution in [2.45, 2.75) is 25.8 Å². The number of aromatic nitrogens is 3. The minimum absolute atomic E-state index is 0.224. The van der Waals surface area contributed by atoms with Gasteiger partial charge in [-0.05, 0) is 19.8 Å². The number of carbonyl (C=O) groups is 1. The first-order valence-corrected chi connectivity index (χ1v) is 7.45. The van der Waals surface area contributed by atoms with Gasteiger partial charge in [0, 0.05) is 25.7 Å². The van der Waals surface area contributed by atoms with Gasteiger partial charge in [0.05, 0.1) is 12.8 Å². The molecule has 1 fully saturated rings. The Bertz CT molecular complexity index is 502. The van der Waals surface area contributed by atoms with Gasteiger partial charge < -0.3 is 20.3 Å². The van der Waals surface area contributed by atoms with Crippen molar-refractivity contribution >= 4 is 17.9 Å². The lowest BCUT2D eigenvalue weighted by Gasteiger charge is -2.31. The second-order valence-electron chi connectivity index (χ2n) is 4.94. The summed E-state index contributed by atoms with van der Waals surface area (Å²) in [5, 5.41) is 14.2. The van der Waals surface area contributed by atoms with Crippen LogP contribution in [0.15, 0.2) is 18.9 Å². The van der Waals surface area contributed by atoms with E-state index in [2.05, 4.69) is 32.4 Å². The summed E-state index contributed by atoms with van der Waals surface area (Å²) in [5.41, 5.74) is 0. The van der Waals surface area contributed by atoms with Crippen molar-refractivity contribution in [2.75, 3.05) is 36.9 Å². The Morgan fingerprint density at radius 1 is 1.55 bits per heavy atom. The van der Waals surface area contributed by atoms with Gasteiger partial charge in [-0.1, -0.05) is 6.08 Å². The molecule has 8 heteroatoms. The first-order valence-electron chi connectivity index (χ1n) is 7.45. The van der Waals surface area contributed by atoms with Gasteiger partial charge in [0.15, 0.2) is 5.82 Å². The van der Waals surface area contributed by atoms with Gasteiger partial charge in [-0.3, -0.25) is 0 Å². The second-order valence-corrected chi connectivity index (χ2v) is 4.94. The van der Waals surface area contributed by atoms with E-state index in [1.165, 1.54) is 0 Å². The lowest BCUT2D eigenvalue weighted by atomic mass is 10.1. The van der Waals surface area contributed by atoms with E-state index in [0.29, 0.717) is 38.0 Å². The summed E-state index contributed by atoms with van der Waals surface area (Å²) in [6, 6.07) is 0.224. The Morgan fingerprint density at radius 3 is 3.00 bits per heavy atom. The molecule has 0 bridgehead atoms. The fourth-order valence-electron chi connectivity index (χ4n) is 2.23. The maximum absolute atomic E-state index is 11.6. The molecule has 2 heterocycles. The largest absolute Gasteiger partial charge is 0.450 e. The maximum atomic E-state index is 11.6. The van der Waals surface area contributed by atoms with Crippen molar-refractivity contribution in [2.24, 2.45) is 0 Å². The molecule has 2 rings (SSSR count). The molecule has 0 unspecified atom stereocenters. The number of carbonyl (C=O) groups excluding carboxylic acids is 1. The van der Waals surface area contributed by atoms with Gasteiger partial charge >= 0.3 is 6.09 Å². The van der Waals surface area contributed by atoms with Crippen LogP contribution in [-0.4, -0.2) is 58.5 Å². The Labute approximate surface area is 130 Å². The minimum atomic E-state index is -0.241. The van der Waals surface area contributed by atoms with Crippen LogP contribution in [0.1, 0.15) is 19.8 Å². The average molecular weight is 306 g/mol. The van der Waals surface area contributed by atoms with Crippen LogP contribution in [0.2, 0.25) is 0 Å².